The van der Waals surface area contributed by atoms with Crippen LogP contribution in [0.1, 0.15) is 12.5 Å². The van der Waals surface area contributed by atoms with E-state index in [-0.39, 0.29) is 6.61 Å². The minimum atomic E-state index is -1.05. The molecule has 2 aromatic rings. The Bertz CT molecular complexity index is 863. The van der Waals surface area contributed by atoms with Gasteiger partial charge in [0.2, 0.25) is 6.10 Å². The van der Waals surface area contributed by atoms with Gasteiger partial charge in [0, 0.05) is 0 Å². The molecule has 0 fully saturated rings. The van der Waals surface area contributed by atoms with E-state index < -0.39 is 24.6 Å². The molecule has 0 spiro atoms. The third kappa shape index (κ3) is 4.75. The molecule has 2 aromatic carbocycles. The van der Waals surface area contributed by atoms with Gasteiger partial charge in [0.25, 0.3) is 5.91 Å². The van der Waals surface area contributed by atoms with Crippen molar-refractivity contribution in [1.29, 1.82) is 0 Å². The molecule has 0 saturated carbocycles. The van der Waals surface area contributed by atoms with Gasteiger partial charge >= 0.3 is 5.97 Å². The number of para-hydroxylation sites is 2. The van der Waals surface area contributed by atoms with Crippen LogP contribution < -0.4 is 19.6 Å². The second kappa shape index (κ2) is 8.22. The maximum Gasteiger partial charge on any atom is 0.341 e. The monoisotopic (exact) mass is 370 g/mol. The number of benzene rings is 2. The summed E-state index contributed by atoms with van der Waals surface area (Å²) >= 11 is 0. The van der Waals surface area contributed by atoms with Crippen LogP contribution in [0.15, 0.2) is 53.6 Å². The van der Waals surface area contributed by atoms with Gasteiger partial charge in [-0.05, 0) is 48.9 Å². The van der Waals surface area contributed by atoms with E-state index >= 15 is 0 Å². The lowest BCUT2D eigenvalue weighted by atomic mass is 10.1. The van der Waals surface area contributed by atoms with E-state index in [1.54, 1.807) is 49.4 Å². The summed E-state index contributed by atoms with van der Waals surface area (Å²) in [6, 6.07) is 13.8. The van der Waals surface area contributed by atoms with Crippen molar-refractivity contribution in [3.8, 4) is 17.2 Å². The standard InChI is InChI=1S/C19H18N2O6/c1-12(13-6-8-14(9-7-13)25-11-18(22)23)20-21-19(24)17-10-26-15-4-2-3-5-16(15)27-17/h2-9,17H,10-11H2,1H3,(H,21,24)(H,22,23)/b20-12-/t17-/m0/s1. The summed E-state index contributed by atoms with van der Waals surface area (Å²) in [6.45, 7) is 1.43. The zero-order valence-electron chi connectivity index (χ0n) is 14.5. The smallest absolute Gasteiger partial charge is 0.341 e. The first-order chi connectivity index (χ1) is 13.0. The second-order valence-electron chi connectivity index (χ2n) is 5.74. The molecule has 1 amide bonds. The van der Waals surface area contributed by atoms with Crippen LogP contribution in [0.2, 0.25) is 0 Å². The minimum Gasteiger partial charge on any atom is -0.485 e. The molecule has 0 aromatic heterocycles. The number of hydrogen-bond donors (Lipinski definition) is 2. The zero-order chi connectivity index (χ0) is 19.2. The number of hydrazone groups is 1. The van der Waals surface area contributed by atoms with E-state index in [1.807, 2.05) is 6.07 Å². The summed E-state index contributed by atoms with van der Waals surface area (Å²) in [7, 11) is 0. The fourth-order valence-electron chi connectivity index (χ4n) is 2.36. The molecule has 27 heavy (non-hydrogen) atoms. The molecule has 0 radical (unpaired) electrons. The fourth-order valence-corrected chi connectivity index (χ4v) is 2.36. The lowest BCUT2D eigenvalue weighted by molar-refractivity contribution is -0.139. The maximum atomic E-state index is 12.2. The first-order valence-corrected chi connectivity index (χ1v) is 8.20. The number of amides is 1. The molecule has 3 rings (SSSR count). The van der Waals surface area contributed by atoms with Crippen molar-refractivity contribution in [3.05, 3.63) is 54.1 Å². The molecule has 0 bridgehead atoms. The van der Waals surface area contributed by atoms with Crippen molar-refractivity contribution in [2.24, 2.45) is 5.10 Å². The number of rotatable bonds is 6. The highest BCUT2D eigenvalue weighted by Gasteiger charge is 2.27. The average molecular weight is 370 g/mol. The van der Waals surface area contributed by atoms with Gasteiger partial charge in [-0.2, -0.15) is 5.10 Å². The number of aliphatic carboxylic acids is 1. The Kier molecular flexibility index (Phi) is 5.55. The molecular weight excluding hydrogens is 352 g/mol. The summed E-state index contributed by atoms with van der Waals surface area (Å²) in [5.74, 6) is 0.0960. The predicted molar refractivity (Wildman–Crippen MR) is 96.3 cm³/mol. The van der Waals surface area contributed by atoms with Crippen molar-refractivity contribution >= 4 is 17.6 Å². The van der Waals surface area contributed by atoms with Crippen molar-refractivity contribution in [2.45, 2.75) is 13.0 Å². The number of hydrogen-bond acceptors (Lipinski definition) is 6. The van der Waals surface area contributed by atoms with Crippen molar-refractivity contribution in [2.75, 3.05) is 13.2 Å². The van der Waals surface area contributed by atoms with Crippen molar-refractivity contribution in [1.82, 2.24) is 5.43 Å². The molecule has 1 aliphatic heterocycles. The van der Waals surface area contributed by atoms with Crippen molar-refractivity contribution in [3.63, 3.8) is 0 Å². The number of carboxylic acids is 1. The highest BCUT2D eigenvalue weighted by molar-refractivity contribution is 5.99. The lowest BCUT2D eigenvalue weighted by Gasteiger charge is -2.24. The minimum absolute atomic E-state index is 0.104. The van der Waals surface area contributed by atoms with Crippen LogP contribution in [0, 0.1) is 0 Å². The molecule has 2 N–H and O–H groups in total. The number of nitrogens with one attached hydrogen (secondary N) is 1. The number of carbonyl (C=O) groups is 2. The molecule has 1 atom stereocenters. The van der Waals surface area contributed by atoms with Gasteiger partial charge in [0.05, 0.1) is 5.71 Å². The van der Waals surface area contributed by atoms with Crippen LogP contribution >= 0.6 is 0 Å². The van der Waals surface area contributed by atoms with Crippen LogP contribution in [-0.2, 0) is 9.59 Å². The quantitative estimate of drug-likeness (QED) is 0.594. The Morgan fingerprint density at radius 2 is 1.89 bits per heavy atom. The van der Waals surface area contributed by atoms with E-state index in [0.29, 0.717) is 23.0 Å². The number of nitrogens with zero attached hydrogens (tertiary/aromatic N) is 1. The number of fused-ring (bicyclic) bond motifs is 1. The van der Waals surface area contributed by atoms with Crippen LogP contribution in [0.3, 0.4) is 0 Å². The summed E-state index contributed by atoms with van der Waals surface area (Å²) < 4.78 is 16.2. The highest BCUT2D eigenvalue weighted by Crippen LogP contribution is 2.30. The second-order valence-corrected chi connectivity index (χ2v) is 5.74. The zero-order valence-corrected chi connectivity index (χ0v) is 14.5. The van der Waals surface area contributed by atoms with Crippen LogP contribution in [0.5, 0.6) is 17.2 Å². The molecule has 0 saturated heterocycles. The summed E-state index contributed by atoms with van der Waals surface area (Å²) in [4.78, 5) is 22.7. The van der Waals surface area contributed by atoms with Gasteiger partial charge in [-0.25, -0.2) is 10.2 Å². The van der Waals surface area contributed by atoms with E-state index in [2.05, 4.69) is 10.5 Å². The van der Waals surface area contributed by atoms with E-state index in [0.717, 1.165) is 5.56 Å². The van der Waals surface area contributed by atoms with E-state index in [9.17, 15) is 9.59 Å². The van der Waals surface area contributed by atoms with Gasteiger partial charge in [-0.3, -0.25) is 4.79 Å². The van der Waals surface area contributed by atoms with Gasteiger partial charge in [-0.1, -0.05) is 12.1 Å². The van der Waals surface area contributed by atoms with Crippen LogP contribution in [-0.4, -0.2) is 42.0 Å². The first-order valence-electron chi connectivity index (χ1n) is 8.20. The van der Waals surface area contributed by atoms with E-state index in [4.69, 9.17) is 19.3 Å². The Labute approximate surface area is 155 Å². The SMILES string of the molecule is C/C(=N/NC(=O)[C@@H]1COc2ccccc2O1)c1ccc(OCC(=O)O)cc1. The molecular formula is C19H18N2O6. The summed E-state index contributed by atoms with van der Waals surface area (Å²) in [5.41, 5.74) is 3.80. The Hall–Kier alpha value is -3.55. The number of ether oxygens (including phenoxy) is 3. The predicted octanol–water partition coefficient (Wildman–Crippen LogP) is 1.83. The van der Waals surface area contributed by atoms with E-state index in [1.165, 1.54) is 0 Å². The maximum absolute atomic E-state index is 12.2. The largest absolute Gasteiger partial charge is 0.485 e. The molecule has 1 aliphatic rings. The molecule has 8 heteroatoms. The topological polar surface area (TPSA) is 106 Å². The number of carbonyl (C=O) groups excluding carboxylic acids is 1. The van der Waals surface area contributed by atoms with Gasteiger partial charge in [0.15, 0.2) is 18.1 Å². The first kappa shape index (κ1) is 18.2. The molecule has 8 nitrogen and oxygen atoms in total. The molecule has 0 unspecified atom stereocenters. The molecule has 1 heterocycles. The average Bonchev–Trinajstić information content (AvgIpc) is 2.70. The third-order valence-corrected chi connectivity index (χ3v) is 3.77. The summed E-state index contributed by atoms with van der Waals surface area (Å²) in [6.07, 6.45) is -0.789. The Morgan fingerprint density at radius 1 is 1.19 bits per heavy atom. The molecule has 140 valence electrons. The van der Waals surface area contributed by atoms with Gasteiger partial charge < -0.3 is 19.3 Å². The van der Waals surface area contributed by atoms with Crippen molar-refractivity contribution < 1.29 is 28.9 Å². The van der Waals surface area contributed by atoms with Crippen LogP contribution in [0.25, 0.3) is 0 Å². The fraction of sp³-hybridized carbons (Fsp3) is 0.211. The number of carboxylic acid groups (broad SMARTS) is 1. The highest BCUT2D eigenvalue weighted by atomic mass is 16.6. The van der Waals surface area contributed by atoms with Crippen LogP contribution in [0.4, 0.5) is 0 Å². The van der Waals surface area contributed by atoms with Gasteiger partial charge in [-0.15, -0.1) is 0 Å². The van der Waals surface area contributed by atoms with Gasteiger partial charge in [0.1, 0.15) is 12.4 Å². The molecule has 0 aliphatic carbocycles. The Balaban J connectivity index is 1.57. The summed E-state index contributed by atoms with van der Waals surface area (Å²) in [5, 5.41) is 12.7. The Morgan fingerprint density at radius 3 is 2.59 bits per heavy atom. The lowest BCUT2D eigenvalue weighted by Crippen LogP contribution is -2.42. The third-order valence-electron chi connectivity index (χ3n) is 3.77. The normalized spacial score (nSPS) is 15.7.